The highest BCUT2D eigenvalue weighted by Crippen LogP contribution is 2.22. The molecule has 0 aromatic heterocycles. The minimum absolute atomic E-state index is 0.265. The van der Waals surface area contributed by atoms with Crippen molar-refractivity contribution >= 4 is 0 Å². The maximum absolute atomic E-state index is 11.1. The second-order valence-corrected chi connectivity index (χ2v) is 7.52. The predicted octanol–water partition coefficient (Wildman–Crippen LogP) is 1.92. The SMILES string of the molecule is CCN1CCC(N2CCOCC(O)(COc3cccc(C)c3)C2)CC1. The van der Waals surface area contributed by atoms with E-state index in [-0.39, 0.29) is 6.61 Å². The van der Waals surface area contributed by atoms with Crippen LogP contribution in [-0.4, -0.2) is 79.1 Å². The van der Waals surface area contributed by atoms with Crippen molar-refractivity contribution in [3.05, 3.63) is 29.8 Å². The van der Waals surface area contributed by atoms with Gasteiger partial charge in [0.2, 0.25) is 0 Å². The summed E-state index contributed by atoms with van der Waals surface area (Å²) in [6, 6.07) is 8.49. The Balaban J connectivity index is 1.58. The minimum atomic E-state index is -0.956. The molecular formula is C20H32N2O3. The van der Waals surface area contributed by atoms with Crippen molar-refractivity contribution in [1.29, 1.82) is 0 Å². The van der Waals surface area contributed by atoms with E-state index in [9.17, 15) is 5.11 Å². The molecule has 0 radical (unpaired) electrons. The van der Waals surface area contributed by atoms with Gasteiger partial charge in [0.05, 0.1) is 13.2 Å². The molecule has 25 heavy (non-hydrogen) atoms. The van der Waals surface area contributed by atoms with E-state index < -0.39 is 5.60 Å². The van der Waals surface area contributed by atoms with Crippen LogP contribution in [0.5, 0.6) is 5.75 Å². The number of hydrogen-bond donors (Lipinski definition) is 1. The number of likely N-dealkylation sites (tertiary alicyclic amines) is 1. The minimum Gasteiger partial charge on any atom is -0.490 e. The van der Waals surface area contributed by atoms with Crippen LogP contribution >= 0.6 is 0 Å². The second kappa shape index (κ2) is 8.49. The zero-order valence-corrected chi connectivity index (χ0v) is 15.6. The molecule has 5 nitrogen and oxygen atoms in total. The third-order valence-electron chi connectivity index (χ3n) is 5.41. The van der Waals surface area contributed by atoms with Crippen LogP contribution < -0.4 is 4.74 Å². The molecule has 1 unspecified atom stereocenters. The average molecular weight is 348 g/mol. The lowest BCUT2D eigenvalue weighted by Crippen LogP contribution is -2.53. The molecule has 2 saturated heterocycles. The lowest BCUT2D eigenvalue weighted by Gasteiger charge is -2.40. The van der Waals surface area contributed by atoms with Gasteiger partial charge in [0.1, 0.15) is 18.0 Å². The fourth-order valence-electron chi connectivity index (χ4n) is 3.87. The molecule has 0 spiro atoms. The molecule has 1 N–H and O–H groups in total. The number of rotatable bonds is 5. The molecule has 2 aliphatic rings. The molecule has 140 valence electrons. The molecule has 0 saturated carbocycles. The number of aryl methyl sites for hydroxylation is 1. The predicted molar refractivity (Wildman–Crippen MR) is 99.2 cm³/mol. The van der Waals surface area contributed by atoms with Gasteiger partial charge < -0.3 is 19.5 Å². The number of ether oxygens (including phenoxy) is 2. The first-order valence-corrected chi connectivity index (χ1v) is 9.54. The Labute approximate surface area is 151 Å². The molecule has 2 aliphatic heterocycles. The van der Waals surface area contributed by atoms with Crippen molar-refractivity contribution in [1.82, 2.24) is 9.80 Å². The van der Waals surface area contributed by atoms with Crippen molar-refractivity contribution < 1.29 is 14.6 Å². The first-order valence-electron chi connectivity index (χ1n) is 9.54. The number of piperidine rings is 1. The van der Waals surface area contributed by atoms with Gasteiger partial charge in [-0.3, -0.25) is 4.90 Å². The summed E-state index contributed by atoms with van der Waals surface area (Å²) in [5, 5.41) is 11.1. The monoisotopic (exact) mass is 348 g/mol. The largest absolute Gasteiger partial charge is 0.490 e. The zero-order chi connectivity index (χ0) is 17.7. The molecule has 1 atom stereocenters. The number of hydrogen-bond acceptors (Lipinski definition) is 5. The summed E-state index contributed by atoms with van der Waals surface area (Å²) in [6.45, 7) is 10.5. The summed E-state index contributed by atoms with van der Waals surface area (Å²) in [4.78, 5) is 4.91. The molecule has 2 heterocycles. The van der Waals surface area contributed by atoms with Gasteiger partial charge in [0, 0.05) is 19.1 Å². The van der Waals surface area contributed by atoms with Crippen molar-refractivity contribution in [3.63, 3.8) is 0 Å². The Morgan fingerprint density at radius 3 is 2.80 bits per heavy atom. The maximum Gasteiger partial charge on any atom is 0.134 e. The number of aliphatic hydroxyl groups is 1. The summed E-state index contributed by atoms with van der Waals surface area (Å²) in [5.74, 6) is 0.806. The lowest BCUT2D eigenvalue weighted by molar-refractivity contribution is -0.0689. The Morgan fingerprint density at radius 2 is 2.08 bits per heavy atom. The molecule has 2 fully saturated rings. The standard InChI is InChI=1S/C20H32N2O3/c1-3-21-9-7-18(8-10-21)22-11-12-24-15-20(23,14-22)16-25-19-6-4-5-17(2)13-19/h4-6,13,18,23H,3,7-12,14-16H2,1-2H3. The Kier molecular flexibility index (Phi) is 6.34. The van der Waals surface area contributed by atoms with Crippen LogP contribution in [0.2, 0.25) is 0 Å². The molecule has 1 aromatic rings. The van der Waals surface area contributed by atoms with Crippen molar-refractivity contribution in [2.45, 2.75) is 38.3 Å². The summed E-state index contributed by atoms with van der Waals surface area (Å²) >= 11 is 0. The smallest absolute Gasteiger partial charge is 0.134 e. The van der Waals surface area contributed by atoms with E-state index in [1.807, 2.05) is 31.2 Å². The topological polar surface area (TPSA) is 45.2 Å². The highest BCUT2D eigenvalue weighted by molar-refractivity contribution is 5.27. The summed E-state index contributed by atoms with van der Waals surface area (Å²) in [5.41, 5.74) is 0.202. The van der Waals surface area contributed by atoms with Crippen LogP contribution in [-0.2, 0) is 4.74 Å². The van der Waals surface area contributed by atoms with E-state index in [1.54, 1.807) is 0 Å². The highest BCUT2D eigenvalue weighted by Gasteiger charge is 2.36. The summed E-state index contributed by atoms with van der Waals surface area (Å²) < 4.78 is 11.6. The Hall–Kier alpha value is -1.14. The summed E-state index contributed by atoms with van der Waals surface area (Å²) in [6.07, 6.45) is 2.34. The average Bonchev–Trinajstić information content (AvgIpc) is 2.83. The van der Waals surface area contributed by atoms with E-state index in [4.69, 9.17) is 9.47 Å². The molecule has 0 bridgehead atoms. The first-order chi connectivity index (χ1) is 12.1. The maximum atomic E-state index is 11.1. The number of nitrogens with zero attached hydrogens (tertiary/aromatic N) is 2. The Bertz CT molecular complexity index is 545. The molecule has 5 heteroatoms. The van der Waals surface area contributed by atoms with Crippen LogP contribution in [0.15, 0.2) is 24.3 Å². The van der Waals surface area contributed by atoms with Crippen molar-refractivity contribution in [2.24, 2.45) is 0 Å². The fourth-order valence-corrected chi connectivity index (χ4v) is 3.87. The van der Waals surface area contributed by atoms with Crippen LogP contribution in [0.4, 0.5) is 0 Å². The number of β-amino-alcohol motifs (C(OH)–C–C–N with tert-alkyl or cyclic N) is 1. The normalized spacial score (nSPS) is 27.2. The van der Waals surface area contributed by atoms with Crippen molar-refractivity contribution in [3.8, 4) is 5.75 Å². The number of benzene rings is 1. The second-order valence-electron chi connectivity index (χ2n) is 7.52. The lowest BCUT2D eigenvalue weighted by atomic mass is 9.99. The van der Waals surface area contributed by atoms with E-state index in [0.29, 0.717) is 25.8 Å². The van der Waals surface area contributed by atoms with Crippen LogP contribution in [0.25, 0.3) is 0 Å². The van der Waals surface area contributed by atoms with Crippen LogP contribution in [0.1, 0.15) is 25.3 Å². The van der Waals surface area contributed by atoms with Gasteiger partial charge in [0.25, 0.3) is 0 Å². The van der Waals surface area contributed by atoms with E-state index >= 15 is 0 Å². The van der Waals surface area contributed by atoms with Gasteiger partial charge in [-0.25, -0.2) is 0 Å². The third kappa shape index (κ3) is 5.17. The molecule has 1 aromatic carbocycles. The van der Waals surface area contributed by atoms with Crippen LogP contribution in [0.3, 0.4) is 0 Å². The molecule has 0 amide bonds. The molecule has 3 rings (SSSR count). The van der Waals surface area contributed by atoms with Gasteiger partial charge in [-0.05, 0) is 57.1 Å². The first kappa shape index (κ1) is 18.6. The van der Waals surface area contributed by atoms with Crippen molar-refractivity contribution in [2.75, 3.05) is 52.5 Å². The molecular weight excluding hydrogens is 316 g/mol. The third-order valence-corrected chi connectivity index (χ3v) is 5.41. The van der Waals surface area contributed by atoms with E-state index in [0.717, 1.165) is 37.5 Å². The van der Waals surface area contributed by atoms with E-state index in [2.05, 4.69) is 16.7 Å². The van der Waals surface area contributed by atoms with E-state index in [1.165, 1.54) is 12.8 Å². The van der Waals surface area contributed by atoms with Gasteiger partial charge >= 0.3 is 0 Å². The van der Waals surface area contributed by atoms with Gasteiger partial charge in [-0.1, -0.05) is 19.1 Å². The van der Waals surface area contributed by atoms with Crippen LogP contribution in [0, 0.1) is 6.92 Å². The van der Waals surface area contributed by atoms with Gasteiger partial charge in [-0.2, -0.15) is 0 Å². The molecule has 0 aliphatic carbocycles. The Morgan fingerprint density at radius 1 is 1.28 bits per heavy atom. The zero-order valence-electron chi connectivity index (χ0n) is 15.6. The fraction of sp³-hybridized carbons (Fsp3) is 0.700. The van der Waals surface area contributed by atoms with Gasteiger partial charge in [-0.15, -0.1) is 0 Å². The van der Waals surface area contributed by atoms with Gasteiger partial charge in [0.15, 0.2) is 0 Å². The highest BCUT2D eigenvalue weighted by atomic mass is 16.5. The summed E-state index contributed by atoms with van der Waals surface area (Å²) in [7, 11) is 0. The quantitative estimate of drug-likeness (QED) is 0.881.